The van der Waals surface area contributed by atoms with Crippen LogP contribution in [0.4, 0.5) is 5.95 Å². The highest BCUT2D eigenvalue weighted by atomic mass is 32.2. The van der Waals surface area contributed by atoms with E-state index in [1.54, 1.807) is 11.3 Å². The lowest BCUT2D eigenvalue weighted by Crippen LogP contribution is -2.30. The van der Waals surface area contributed by atoms with Crippen LogP contribution in [0.5, 0.6) is 0 Å². The summed E-state index contributed by atoms with van der Waals surface area (Å²) in [5.74, 6) is 0.679. The molecule has 0 unspecified atom stereocenters. The summed E-state index contributed by atoms with van der Waals surface area (Å²) in [6.07, 6.45) is 4.67. The molecule has 0 amide bonds. The molecule has 3 rings (SSSR count). The van der Waals surface area contributed by atoms with Crippen molar-refractivity contribution in [2.45, 2.75) is 37.1 Å². The summed E-state index contributed by atoms with van der Waals surface area (Å²) in [5.41, 5.74) is 1.90. The zero-order chi connectivity index (χ0) is 18.0. The summed E-state index contributed by atoms with van der Waals surface area (Å²) in [6, 6.07) is 2.10. The lowest BCUT2D eigenvalue weighted by Gasteiger charge is -2.25. The van der Waals surface area contributed by atoms with E-state index in [9.17, 15) is 8.42 Å². The van der Waals surface area contributed by atoms with E-state index < -0.39 is 9.84 Å². The molecule has 1 saturated heterocycles. The predicted octanol–water partition coefficient (Wildman–Crippen LogP) is 2.35. The molecule has 3 heterocycles. The number of aryl methyl sites for hydroxylation is 1. The van der Waals surface area contributed by atoms with Crippen LogP contribution in [0.2, 0.25) is 0 Å². The van der Waals surface area contributed by atoms with Crippen molar-refractivity contribution in [3.63, 3.8) is 0 Å². The lowest BCUT2D eigenvalue weighted by molar-refractivity contribution is 0.447. The van der Waals surface area contributed by atoms with Crippen LogP contribution in [-0.2, 0) is 16.4 Å². The maximum absolute atomic E-state index is 12.2. The summed E-state index contributed by atoms with van der Waals surface area (Å²) in [4.78, 5) is 12.5. The number of hydrogen-bond donors (Lipinski definition) is 1. The van der Waals surface area contributed by atoms with Gasteiger partial charge in [-0.2, -0.15) is 0 Å². The molecule has 0 spiro atoms. The molecule has 1 aliphatic heterocycles. The maximum Gasteiger partial charge on any atom is 0.225 e. The Bertz CT molecular complexity index is 842. The van der Waals surface area contributed by atoms with Gasteiger partial charge in [-0.25, -0.2) is 18.4 Å². The molecular formula is C17H24N4O2S2. The van der Waals surface area contributed by atoms with Crippen molar-refractivity contribution in [1.29, 1.82) is 0 Å². The molecule has 0 saturated carbocycles. The Labute approximate surface area is 153 Å². The number of rotatable bonds is 5. The number of nitrogens with one attached hydrogen (secondary N) is 1. The van der Waals surface area contributed by atoms with E-state index in [0.717, 1.165) is 25.9 Å². The van der Waals surface area contributed by atoms with Crippen molar-refractivity contribution in [3.05, 3.63) is 33.8 Å². The molecule has 0 radical (unpaired) electrons. The quantitative estimate of drug-likeness (QED) is 0.858. The van der Waals surface area contributed by atoms with E-state index in [0.29, 0.717) is 18.2 Å². The van der Waals surface area contributed by atoms with Gasteiger partial charge in [0.05, 0.1) is 18.4 Å². The molecule has 1 aliphatic rings. The van der Waals surface area contributed by atoms with E-state index in [2.05, 4.69) is 33.7 Å². The minimum absolute atomic E-state index is 0.108. The molecule has 1 N–H and O–H groups in total. The van der Waals surface area contributed by atoms with E-state index in [4.69, 9.17) is 0 Å². The highest BCUT2D eigenvalue weighted by Gasteiger charge is 2.26. The van der Waals surface area contributed by atoms with E-state index in [1.807, 2.05) is 11.9 Å². The molecule has 0 bridgehead atoms. The number of sulfone groups is 1. The van der Waals surface area contributed by atoms with Gasteiger partial charge in [-0.05, 0) is 43.3 Å². The fourth-order valence-electron chi connectivity index (χ4n) is 3.07. The minimum Gasteiger partial charge on any atom is -0.339 e. The first kappa shape index (κ1) is 18.3. The fraction of sp³-hybridized carbons (Fsp3) is 0.529. The maximum atomic E-state index is 12.2. The summed E-state index contributed by atoms with van der Waals surface area (Å²) in [6.45, 7) is 4.53. The second-order valence-corrected chi connectivity index (χ2v) is 9.60. The molecule has 136 valence electrons. The van der Waals surface area contributed by atoms with Crippen molar-refractivity contribution in [1.82, 2.24) is 15.3 Å². The summed E-state index contributed by atoms with van der Waals surface area (Å²) >= 11 is 1.71. The van der Waals surface area contributed by atoms with Gasteiger partial charge < -0.3 is 10.2 Å². The van der Waals surface area contributed by atoms with Crippen molar-refractivity contribution in [2.24, 2.45) is 0 Å². The van der Waals surface area contributed by atoms with Gasteiger partial charge in [0.1, 0.15) is 4.90 Å². The molecule has 2 aromatic heterocycles. The highest BCUT2D eigenvalue weighted by molar-refractivity contribution is 7.90. The molecule has 8 heteroatoms. The average Bonchev–Trinajstić information content (AvgIpc) is 2.99. The van der Waals surface area contributed by atoms with Gasteiger partial charge in [-0.1, -0.05) is 0 Å². The third-order valence-corrected chi connectivity index (χ3v) is 6.66. The minimum atomic E-state index is -3.35. The molecule has 1 atom stereocenters. The van der Waals surface area contributed by atoms with Gasteiger partial charge in [-0.15, -0.1) is 11.3 Å². The Morgan fingerprint density at radius 2 is 2.24 bits per heavy atom. The third kappa shape index (κ3) is 4.19. The van der Waals surface area contributed by atoms with Crippen molar-refractivity contribution in [3.8, 4) is 0 Å². The summed E-state index contributed by atoms with van der Waals surface area (Å²) < 4.78 is 24.3. The van der Waals surface area contributed by atoms with Crippen molar-refractivity contribution >= 4 is 27.1 Å². The number of thiophene rings is 1. The molecule has 0 aromatic carbocycles. The van der Waals surface area contributed by atoms with Crippen LogP contribution in [0.15, 0.2) is 22.5 Å². The first-order valence-corrected chi connectivity index (χ1v) is 11.1. The lowest BCUT2D eigenvalue weighted by atomic mass is 9.96. The Balaban J connectivity index is 1.94. The third-order valence-electron chi connectivity index (χ3n) is 4.54. The first-order chi connectivity index (χ1) is 11.9. The van der Waals surface area contributed by atoms with Crippen LogP contribution in [-0.4, -0.2) is 44.8 Å². The average molecular weight is 381 g/mol. The van der Waals surface area contributed by atoms with Gasteiger partial charge in [0, 0.05) is 30.6 Å². The zero-order valence-corrected chi connectivity index (χ0v) is 16.5. The number of aromatic nitrogens is 2. The summed E-state index contributed by atoms with van der Waals surface area (Å²) in [5, 5.41) is 5.41. The first-order valence-electron chi connectivity index (χ1n) is 8.38. The molecular weight excluding hydrogens is 356 g/mol. The van der Waals surface area contributed by atoms with Gasteiger partial charge in [0.25, 0.3) is 0 Å². The number of anilines is 1. The van der Waals surface area contributed by atoms with Crippen LogP contribution in [0.3, 0.4) is 0 Å². The van der Waals surface area contributed by atoms with Crippen LogP contribution in [0.25, 0.3) is 0 Å². The van der Waals surface area contributed by atoms with Gasteiger partial charge in [-0.3, -0.25) is 0 Å². The normalized spacial score (nSPS) is 18.3. The number of hydrogen-bond acceptors (Lipinski definition) is 7. The largest absolute Gasteiger partial charge is 0.339 e. The van der Waals surface area contributed by atoms with Crippen molar-refractivity contribution < 1.29 is 8.42 Å². The van der Waals surface area contributed by atoms with E-state index in [-0.39, 0.29) is 10.8 Å². The molecule has 6 nitrogen and oxygen atoms in total. The van der Waals surface area contributed by atoms with Crippen LogP contribution in [0, 0.1) is 6.92 Å². The summed E-state index contributed by atoms with van der Waals surface area (Å²) in [7, 11) is -1.41. The molecule has 1 fully saturated rings. The van der Waals surface area contributed by atoms with Gasteiger partial charge >= 0.3 is 0 Å². The Hall–Kier alpha value is -1.51. The predicted molar refractivity (Wildman–Crippen MR) is 101 cm³/mol. The monoisotopic (exact) mass is 380 g/mol. The van der Waals surface area contributed by atoms with Gasteiger partial charge in [0.15, 0.2) is 9.84 Å². The van der Waals surface area contributed by atoms with E-state index >= 15 is 0 Å². The smallest absolute Gasteiger partial charge is 0.225 e. The van der Waals surface area contributed by atoms with Gasteiger partial charge in [0.2, 0.25) is 5.95 Å². The topological polar surface area (TPSA) is 75.2 Å². The van der Waals surface area contributed by atoms with E-state index in [1.165, 1.54) is 22.9 Å². The zero-order valence-electron chi connectivity index (χ0n) is 14.8. The second kappa shape index (κ2) is 7.39. The standard InChI is InChI=1S/C17H24N4O2S2/c1-12-6-8-24-14(12)11-21(2)17-19-10-15(25(3,22)23)16(20-17)13-5-4-7-18-9-13/h6,8,10,13,18H,4-5,7,9,11H2,1-3H3/t13-/m0/s1. The van der Waals surface area contributed by atoms with Crippen molar-refractivity contribution in [2.75, 3.05) is 31.3 Å². The fourth-order valence-corrected chi connectivity index (χ4v) is 4.87. The SMILES string of the molecule is Cc1ccsc1CN(C)c1ncc(S(C)(=O)=O)c([C@H]2CCCNC2)n1. The Morgan fingerprint density at radius 1 is 1.44 bits per heavy atom. The Morgan fingerprint density at radius 3 is 2.84 bits per heavy atom. The van der Waals surface area contributed by atoms with Crippen LogP contribution in [0.1, 0.15) is 34.9 Å². The van der Waals surface area contributed by atoms with Crippen LogP contribution < -0.4 is 10.2 Å². The second-order valence-electron chi connectivity index (χ2n) is 6.62. The molecule has 2 aromatic rings. The highest BCUT2D eigenvalue weighted by Crippen LogP contribution is 2.29. The molecule has 25 heavy (non-hydrogen) atoms. The number of piperidine rings is 1. The number of nitrogens with zero attached hydrogens (tertiary/aromatic N) is 3. The Kier molecular flexibility index (Phi) is 5.41. The molecule has 0 aliphatic carbocycles. The van der Waals surface area contributed by atoms with Crippen LogP contribution >= 0.6 is 11.3 Å².